The molecule has 1 saturated heterocycles. The third kappa shape index (κ3) is 3.80. The molecule has 0 unspecified atom stereocenters. The number of pyridine rings is 2. The number of hydrogen-bond acceptors (Lipinski definition) is 8. The molecule has 5 atom stereocenters. The molecule has 0 saturated carbocycles. The van der Waals surface area contributed by atoms with Gasteiger partial charge in [0.05, 0.1) is 0 Å². The Balaban J connectivity index is 1.65. The minimum absolute atomic E-state index is 0.225. The molecule has 8 nitrogen and oxygen atoms in total. The van der Waals surface area contributed by atoms with Crippen molar-refractivity contribution in [3.05, 3.63) is 48.8 Å². The Labute approximate surface area is 139 Å². The normalized spacial score (nSPS) is 29.9. The average molecular weight is 332 g/mol. The molecule has 0 aromatic carbocycles. The molecule has 2 aromatic heterocycles. The van der Waals surface area contributed by atoms with E-state index in [1.165, 1.54) is 0 Å². The fourth-order valence-corrected chi connectivity index (χ4v) is 2.50. The van der Waals surface area contributed by atoms with E-state index in [9.17, 15) is 15.3 Å². The van der Waals surface area contributed by atoms with Gasteiger partial charge in [0.1, 0.15) is 36.1 Å². The van der Waals surface area contributed by atoms with E-state index in [1.807, 2.05) is 6.07 Å². The van der Waals surface area contributed by atoms with Gasteiger partial charge in [-0.3, -0.25) is 0 Å². The molecule has 0 aliphatic carbocycles. The summed E-state index contributed by atoms with van der Waals surface area (Å²) in [5, 5.41) is 36.3. The fraction of sp³-hybridized carbons (Fsp3) is 0.375. The van der Waals surface area contributed by atoms with Crippen molar-refractivity contribution in [2.45, 2.75) is 30.6 Å². The van der Waals surface area contributed by atoms with Crippen molar-refractivity contribution < 1.29 is 20.1 Å². The van der Waals surface area contributed by atoms with Crippen LogP contribution in [-0.2, 0) is 4.74 Å². The second-order valence-corrected chi connectivity index (χ2v) is 5.52. The number of rotatable bonds is 5. The van der Waals surface area contributed by atoms with E-state index in [0.717, 1.165) is 0 Å². The quantitative estimate of drug-likeness (QED) is 0.511. The molecular weight excluding hydrogens is 312 g/mol. The Kier molecular flexibility index (Phi) is 5.21. The summed E-state index contributed by atoms with van der Waals surface area (Å²) in [5.41, 5.74) is 0. The van der Waals surface area contributed by atoms with Crippen molar-refractivity contribution in [2.75, 3.05) is 17.2 Å². The summed E-state index contributed by atoms with van der Waals surface area (Å²) in [7, 11) is 0. The topological polar surface area (TPSA) is 120 Å². The number of nitrogens with zero attached hydrogens (tertiary/aromatic N) is 2. The lowest BCUT2D eigenvalue weighted by Crippen LogP contribution is -2.61. The van der Waals surface area contributed by atoms with E-state index in [0.29, 0.717) is 11.6 Å². The number of ether oxygens (including phenoxy) is 1. The predicted molar refractivity (Wildman–Crippen MR) is 87.3 cm³/mol. The highest BCUT2D eigenvalue weighted by molar-refractivity contribution is 5.35. The molecule has 0 bridgehead atoms. The average Bonchev–Trinajstić information content (AvgIpc) is 2.63. The van der Waals surface area contributed by atoms with Crippen LogP contribution in [0.3, 0.4) is 0 Å². The maximum Gasteiger partial charge on any atom is 0.158 e. The van der Waals surface area contributed by atoms with E-state index >= 15 is 0 Å². The van der Waals surface area contributed by atoms with Gasteiger partial charge in [0.2, 0.25) is 0 Å². The van der Waals surface area contributed by atoms with Crippen molar-refractivity contribution in [2.24, 2.45) is 0 Å². The van der Waals surface area contributed by atoms with Gasteiger partial charge < -0.3 is 30.7 Å². The Hall–Kier alpha value is -2.26. The molecule has 3 rings (SSSR count). The van der Waals surface area contributed by atoms with Crippen molar-refractivity contribution in [3.63, 3.8) is 0 Å². The molecule has 0 radical (unpaired) electrons. The van der Waals surface area contributed by atoms with Crippen LogP contribution in [0.1, 0.15) is 0 Å². The zero-order valence-electron chi connectivity index (χ0n) is 12.9. The lowest BCUT2D eigenvalue weighted by atomic mass is 9.98. The van der Waals surface area contributed by atoms with Crippen LogP contribution in [0.2, 0.25) is 0 Å². The molecule has 3 heterocycles. The Morgan fingerprint density at radius 2 is 1.54 bits per heavy atom. The number of aromatic nitrogens is 2. The second-order valence-electron chi connectivity index (χ2n) is 5.52. The van der Waals surface area contributed by atoms with Gasteiger partial charge in [-0.05, 0) is 24.3 Å². The Morgan fingerprint density at radius 1 is 0.875 bits per heavy atom. The zero-order chi connectivity index (χ0) is 16.9. The van der Waals surface area contributed by atoms with Crippen LogP contribution in [0.15, 0.2) is 48.8 Å². The first-order valence-electron chi connectivity index (χ1n) is 7.67. The molecule has 8 heteroatoms. The highest BCUT2D eigenvalue weighted by Crippen LogP contribution is 2.22. The van der Waals surface area contributed by atoms with Crippen LogP contribution in [0.5, 0.6) is 0 Å². The van der Waals surface area contributed by atoms with E-state index in [1.54, 1.807) is 42.7 Å². The number of aliphatic hydroxyl groups excluding tert-OH is 3. The van der Waals surface area contributed by atoms with Crippen LogP contribution in [-0.4, -0.2) is 62.5 Å². The maximum absolute atomic E-state index is 10.1. The van der Waals surface area contributed by atoms with E-state index < -0.39 is 30.6 Å². The van der Waals surface area contributed by atoms with Crippen LogP contribution in [0.25, 0.3) is 0 Å². The first-order chi connectivity index (χ1) is 11.6. The second kappa shape index (κ2) is 7.54. The summed E-state index contributed by atoms with van der Waals surface area (Å²) in [5.74, 6) is 1.13. The minimum atomic E-state index is -1.34. The van der Waals surface area contributed by atoms with Crippen molar-refractivity contribution in [1.29, 1.82) is 0 Å². The van der Waals surface area contributed by atoms with Crippen LogP contribution in [0, 0.1) is 0 Å². The molecule has 128 valence electrons. The largest absolute Gasteiger partial charge is 0.388 e. The van der Waals surface area contributed by atoms with E-state index in [2.05, 4.69) is 20.6 Å². The number of anilines is 2. The van der Waals surface area contributed by atoms with Crippen molar-refractivity contribution >= 4 is 11.6 Å². The highest BCUT2D eigenvalue weighted by Gasteiger charge is 2.43. The molecule has 24 heavy (non-hydrogen) atoms. The van der Waals surface area contributed by atoms with E-state index in [-0.39, 0.29) is 6.54 Å². The third-order valence-corrected chi connectivity index (χ3v) is 3.82. The SMILES string of the molecule is O[C@H]1[C@@H](O)[C@@H](CNc2ccccn2)O[C@@H](Nc2ccccn2)[C@H]1O. The number of nitrogens with one attached hydrogen (secondary N) is 2. The summed E-state index contributed by atoms with van der Waals surface area (Å²) in [6.07, 6.45) is -2.23. The summed E-state index contributed by atoms with van der Waals surface area (Å²) in [6, 6.07) is 10.7. The smallest absolute Gasteiger partial charge is 0.158 e. The molecule has 1 aliphatic heterocycles. The molecular formula is C16H20N4O4. The molecule has 5 N–H and O–H groups in total. The highest BCUT2D eigenvalue weighted by atomic mass is 16.5. The van der Waals surface area contributed by atoms with Gasteiger partial charge in [-0.15, -0.1) is 0 Å². The Morgan fingerprint density at radius 3 is 2.17 bits per heavy atom. The predicted octanol–water partition coefficient (Wildman–Crippen LogP) is -0.192. The van der Waals surface area contributed by atoms with Gasteiger partial charge >= 0.3 is 0 Å². The maximum atomic E-state index is 10.1. The Bertz CT molecular complexity index is 628. The summed E-state index contributed by atoms with van der Waals surface area (Å²) < 4.78 is 5.71. The first-order valence-corrected chi connectivity index (χ1v) is 7.67. The number of hydrogen-bond donors (Lipinski definition) is 5. The van der Waals surface area contributed by atoms with Gasteiger partial charge in [0, 0.05) is 18.9 Å². The van der Waals surface area contributed by atoms with Crippen LogP contribution in [0.4, 0.5) is 11.6 Å². The monoisotopic (exact) mass is 332 g/mol. The summed E-state index contributed by atoms with van der Waals surface area (Å²) in [4.78, 5) is 8.22. The fourth-order valence-electron chi connectivity index (χ4n) is 2.50. The molecule has 2 aromatic rings. The molecule has 0 amide bonds. The molecule has 1 fully saturated rings. The van der Waals surface area contributed by atoms with Crippen LogP contribution < -0.4 is 10.6 Å². The first kappa shape index (κ1) is 16.6. The summed E-state index contributed by atoms with van der Waals surface area (Å²) in [6.45, 7) is 0.225. The van der Waals surface area contributed by atoms with E-state index in [4.69, 9.17) is 4.74 Å². The minimum Gasteiger partial charge on any atom is -0.388 e. The van der Waals surface area contributed by atoms with Crippen LogP contribution >= 0.6 is 0 Å². The van der Waals surface area contributed by atoms with Gasteiger partial charge in [-0.1, -0.05) is 12.1 Å². The lowest BCUT2D eigenvalue weighted by molar-refractivity contribution is -0.210. The van der Waals surface area contributed by atoms with Gasteiger partial charge in [-0.2, -0.15) is 0 Å². The van der Waals surface area contributed by atoms with Crippen molar-refractivity contribution in [3.8, 4) is 0 Å². The standard InChI is InChI=1S/C16H20N4O4/c21-13-10(9-19-11-5-1-3-7-17-11)24-16(15(23)14(13)22)20-12-6-2-4-8-18-12/h1-8,10,13-16,21-23H,9H2,(H,17,19)(H,18,20)/t10-,13+,14+,15+,16-/m1/s1. The van der Waals surface area contributed by atoms with Gasteiger partial charge in [0.25, 0.3) is 0 Å². The zero-order valence-corrected chi connectivity index (χ0v) is 12.9. The molecule has 1 aliphatic rings. The van der Waals surface area contributed by atoms with Crippen molar-refractivity contribution in [1.82, 2.24) is 9.97 Å². The van der Waals surface area contributed by atoms with Gasteiger partial charge in [-0.25, -0.2) is 9.97 Å². The summed E-state index contributed by atoms with van der Waals surface area (Å²) >= 11 is 0. The lowest BCUT2D eigenvalue weighted by Gasteiger charge is -2.41. The number of aliphatic hydroxyl groups is 3. The van der Waals surface area contributed by atoms with Gasteiger partial charge in [0.15, 0.2) is 6.23 Å². The molecule has 0 spiro atoms. The third-order valence-electron chi connectivity index (χ3n) is 3.82.